The molecule has 1 aromatic rings. The molecule has 0 bridgehead atoms. The molecule has 1 unspecified atom stereocenters. The third kappa shape index (κ3) is 6.57. The van der Waals surface area contributed by atoms with Crippen LogP contribution in [-0.2, 0) is 0 Å². The zero-order valence-electron chi connectivity index (χ0n) is 11.8. The van der Waals surface area contributed by atoms with Crippen LogP contribution >= 0.6 is 11.6 Å². The normalized spacial score (nSPS) is 12.7. The predicted octanol–water partition coefficient (Wildman–Crippen LogP) is -0.00410. The number of benzene rings is 1. The number of nitrogens with zero attached hydrogens (tertiary/aromatic N) is 4. The zero-order chi connectivity index (χ0) is 16.5. The van der Waals surface area contributed by atoms with Crippen molar-refractivity contribution >= 4 is 35.4 Å². The minimum Gasteiger partial charge on any atom is -0.484 e. The van der Waals surface area contributed by atoms with Gasteiger partial charge in [0.05, 0.1) is 6.21 Å². The van der Waals surface area contributed by atoms with E-state index >= 15 is 0 Å². The maximum atomic E-state index is 5.81. The summed E-state index contributed by atoms with van der Waals surface area (Å²) >= 11 is 5.81. The van der Waals surface area contributed by atoms with Gasteiger partial charge in [0.2, 0.25) is 11.9 Å². The number of nitrogens with two attached hydrogens (primary N) is 4. The summed E-state index contributed by atoms with van der Waals surface area (Å²) in [6, 6.07) is 6.82. The SMILES string of the molecule is CC(Oc1ccc(Cl)cc1)C(C=NN=C(N)N)=NN=C(N)N. The summed E-state index contributed by atoms with van der Waals surface area (Å²) in [7, 11) is 0. The quantitative estimate of drug-likeness (QED) is 0.328. The van der Waals surface area contributed by atoms with Crippen molar-refractivity contribution < 1.29 is 4.74 Å². The van der Waals surface area contributed by atoms with Crippen LogP contribution in [0, 0.1) is 0 Å². The van der Waals surface area contributed by atoms with Gasteiger partial charge in [0.25, 0.3) is 0 Å². The highest BCUT2D eigenvalue weighted by Crippen LogP contribution is 2.17. The van der Waals surface area contributed by atoms with E-state index < -0.39 is 6.10 Å². The van der Waals surface area contributed by atoms with E-state index in [9.17, 15) is 0 Å². The molecule has 0 aliphatic heterocycles. The van der Waals surface area contributed by atoms with Gasteiger partial charge in [-0.2, -0.15) is 5.10 Å². The molecule has 1 aromatic carbocycles. The third-order valence-corrected chi connectivity index (χ3v) is 2.44. The minimum absolute atomic E-state index is 0.191. The van der Waals surface area contributed by atoms with Crippen LogP contribution in [-0.4, -0.2) is 29.9 Å². The molecule has 0 amide bonds. The van der Waals surface area contributed by atoms with Crippen LogP contribution in [0.25, 0.3) is 0 Å². The first-order valence-electron chi connectivity index (χ1n) is 6.09. The summed E-state index contributed by atoms with van der Waals surface area (Å²) in [5.74, 6) is 0.194. The minimum atomic E-state index is -0.512. The van der Waals surface area contributed by atoms with E-state index in [-0.39, 0.29) is 11.9 Å². The molecule has 22 heavy (non-hydrogen) atoms. The summed E-state index contributed by atoms with van der Waals surface area (Å²) in [5.41, 5.74) is 21.1. The number of rotatable bonds is 6. The van der Waals surface area contributed by atoms with Gasteiger partial charge < -0.3 is 27.7 Å². The van der Waals surface area contributed by atoms with Crippen molar-refractivity contribution in [3.05, 3.63) is 29.3 Å². The molecule has 9 nitrogen and oxygen atoms in total. The fraction of sp³-hybridized carbons (Fsp3) is 0.167. The first kappa shape index (κ1) is 17.2. The molecule has 0 aliphatic rings. The molecule has 8 N–H and O–H groups in total. The van der Waals surface area contributed by atoms with E-state index in [4.69, 9.17) is 39.3 Å². The van der Waals surface area contributed by atoms with Crippen LogP contribution in [0.5, 0.6) is 5.75 Å². The van der Waals surface area contributed by atoms with Crippen molar-refractivity contribution in [1.29, 1.82) is 0 Å². The Morgan fingerprint density at radius 1 is 1.05 bits per heavy atom. The Morgan fingerprint density at radius 2 is 1.64 bits per heavy atom. The standard InChI is InChI=1S/C12H17ClN8O/c1-7(22-9-4-2-8(13)3-5-9)10(19-21-12(16)17)6-18-20-11(14)15/h2-7H,1H3,(H4,14,15,20)(H4,16,17,21). The summed E-state index contributed by atoms with van der Waals surface area (Å²) in [6.07, 6.45) is 0.773. The van der Waals surface area contributed by atoms with Crippen LogP contribution in [0.15, 0.2) is 44.7 Å². The zero-order valence-corrected chi connectivity index (χ0v) is 12.6. The topological polar surface area (TPSA) is 163 Å². The number of halogens is 1. The summed E-state index contributed by atoms with van der Waals surface area (Å²) in [5, 5.41) is 15.1. The van der Waals surface area contributed by atoms with E-state index in [1.54, 1.807) is 31.2 Å². The van der Waals surface area contributed by atoms with Gasteiger partial charge in [0.1, 0.15) is 17.6 Å². The summed E-state index contributed by atoms with van der Waals surface area (Å²) < 4.78 is 5.68. The van der Waals surface area contributed by atoms with Gasteiger partial charge in [0.15, 0.2) is 0 Å². The highest BCUT2D eigenvalue weighted by molar-refractivity contribution is 6.32. The second-order valence-electron chi connectivity index (χ2n) is 4.03. The van der Waals surface area contributed by atoms with E-state index in [2.05, 4.69) is 20.4 Å². The second kappa shape index (κ2) is 8.47. The second-order valence-corrected chi connectivity index (χ2v) is 4.47. The van der Waals surface area contributed by atoms with Crippen molar-refractivity contribution in [2.24, 2.45) is 43.3 Å². The highest BCUT2D eigenvalue weighted by atomic mass is 35.5. The predicted molar refractivity (Wildman–Crippen MR) is 89.1 cm³/mol. The smallest absolute Gasteiger partial charge is 0.211 e. The van der Waals surface area contributed by atoms with Crippen LogP contribution in [0.1, 0.15) is 6.92 Å². The van der Waals surface area contributed by atoms with E-state index in [1.807, 2.05) is 0 Å². The average Bonchev–Trinajstić information content (AvgIpc) is 2.44. The van der Waals surface area contributed by atoms with Gasteiger partial charge >= 0.3 is 0 Å². The molecule has 0 radical (unpaired) electrons. The molecule has 0 saturated heterocycles. The Morgan fingerprint density at radius 3 is 2.18 bits per heavy atom. The lowest BCUT2D eigenvalue weighted by atomic mass is 10.2. The maximum absolute atomic E-state index is 5.81. The molecular formula is C12H17ClN8O. The number of ether oxygens (including phenoxy) is 1. The molecule has 0 fully saturated rings. The molecule has 0 spiro atoms. The number of guanidine groups is 2. The van der Waals surface area contributed by atoms with Crippen LogP contribution in [0.3, 0.4) is 0 Å². The van der Waals surface area contributed by atoms with Crippen molar-refractivity contribution in [1.82, 2.24) is 0 Å². The fourth-order valence-electron chi connectivity index (χ4n) is 1.26. The van der Waals surface area contributed by atoms with Gasteiger partial charge in [0, 0.05) is 5.02 Å². The van der Waals surface area contributed by atoms with Crippen molar-refractivity contribution in [3.8, 4) is 5.75 Å². The molecule has 0 heterocycles. The fourth-order valence-corrected chi connectivity index (χ4v) is 1.39. The molecule has 0 saturated carbocycles. The lowest BCUT2D eigenvalue weighted by molar-refractivity contribution is 0.289. The molecule has 10 heteroatoms. The first-order chi connectivity index (χ1) is 10.4. The van der Waals surface area contributed by atoms with E-state index in [0.717, 1.165) is 0 Å². The molecule has 0 aliphatic carbocycles. The van der Waals surface area contributed by atoms with Crippen molar-refractivity contribution in [2.45, 2.75) is 13.0 Å². The Labute approximate surface area is 132 Å². The summed E-state index contributed by atoms with van der Waals surface area (Å²) in [6.45, 7) is 1.73. The van der Waals surface area contributed by atoms with Gasteiger partial charge in [-0.25, -0.2) is 0 Å². The largest absolute Gasteiger partial charge is 0.484 e. The van der Waals surface area contributed by atoms with E-state index in [1.165, 1.54) is 6.21 Å². The van der Waals surface area contributed by atoms with Gasteiger partial charge in [-0.05, 0) is 31.2 Å². The monoisotopic (exact) mass is 324 g/mol. The van der Waals surface area contributed by atoms with Gasteiger partial charge in [-0.3, -0.25) is 0 Å². The first-order valence-corrected chi connectivity index (χ1v) is 6.47. The Balaban J connectivity index is 2.91. The number of hydrogen-bond acceptors (Lipinski definition) is 5. The highest BCUT2D eigenvalue weighted by Gasteiger charge is 2.11. The maximum Gasteiger partial charge on any atom is 0.211 e. The number of hydrogen-bond donors (Lipinski definition) is 4. The van der Waals surface area contributed by atoms with Crippen LogP contribution < -0.4 is 27.7 Å². The summed E-state index contributed by atoms with van der Waals surface area (Å²) in [4.78, 5) is 0. The molecular weight excluding hydrogens is 308 g/mol. The lowest BCUT2D eigenvalue weighted by Gasteiger charge is -2.13. The van der Waals surface area contributed by atoms with Crippen LogP contribution in [0.2, 0.25) is 5.02 Å². The average molecular weight is 325 g/mol. The van der Waals surface area contributed by atoms with Crippen molar-refractivity contribution in [3.63, 3.8) is 0 Å². The van der Waals surface area contributed by atoms with E-state index in [0.29, 0.717) is 16.5 Å². The van der Waals surface area contributed by atoms with Crippen molar-refractivity contribution in [2.75, 3.05) is 0 Å². The lowest BCUT2D eigenvalue weighted by Crippen LogP contribution is -2.27. The Bertz CT molecular complexity index is 600. The third-order valence-electron chi connectivity index (χ3n) is 2.19. The van der Waals surface area contributed by atoms with Gasteiger partial charge in [-0.15, -0.1) is 15.3 Å². The molecule has 0 aromatic heterocycles. The van der Waals surface area contributed by atoms with Gasteiger partial charge in [-0.1, -0.05) is 11.6 Å². The Hall–Kier alpha value is -2.81. The molecule has 118 valence electrons. The Kier molecular flexibility index (Phi) is 6.64. The van der Waals surface area contributed by atoms with Crippen LogP contribution in [0.4, 0.5) is 0 Å². The molecule has 1 atom stereocenters. The molecule has 1 rings (SSSR count).